The van der Waals surface area contributed by atoms with Crippen LogP contribution in [0.1, 0.15) is 17.2 Å². The number of Topliss-reactive ketones (excluding diaryl/α,β-unsaturated/α-hetero) is 1. The Bertz CT molecular complexity index is 1180. The summed E-state index contributed by atoms with van der Waals surface area (Å²) in [6.45, 7) is 0. The van der Waals surface area contributed by atoms with Gasteiger partial charge in [-0.3, -0.25) is 14.5 Å². The normalized spacial score (nSPS) is 17.5. The first-order valence-corrected chi connectivity index (χ1v) is 10.2. The van der Waals surface area contributed by atoms with E-state index in [1.54, 1.807) is 66.7 Å². The molecule has 1 fully saturated rings. The molecule has 162 valence electrons. The Kier molecular flexibility index (Phi) is 5.88. The lowest BCUT2D eigenvalue weighted by Gasteiger charge is -2.25. The van der Waals surface area contributed by atoms with E-state index in [-0.39, 0.29) is 16.9 Å². The second-order valence-electron chi connectivity index (χ2n) is 7.09. The van der Waals surface area contributed by atoms with Crippen molar-refractivity contribution in [3.05, 3.63) is 94.5 Å². The van der Waals surface area contributed by atoms with Gasteiger partial charge in [-0.05, 0) is 42.0 Å². The summed E-state index contributed by atoms with van der Waals surface area (Å²) < 4.78 is 10.8. The number of methoxy groups -OCH3 is 2. The first kappa shape index (κ1) is 21.5. The van der Waals surface area contributed by atoms with Crippen molar-refractivity contribution in [1.29, 1.82) is 0 Å². The third-order valence-electron chi connectivity index (χ3n) is 5.33. The molecule has 0 radical (unpaired) electrons. The topological polar surface area (TPSA) is 76.1 Å². The van der Waals surface area contributed by atoms with Gasteiger partial charge in [0, 0.05) is 10.7 Å². The molecule has 1 saturated heterocycles. The van der Waals surface area contributed by atoms with Crippen LogP contribution in [0.15, 0.2) is 78.4 Å². The van der Waals surface area contributed by atoms with Crippen molar-refractivity contribution in [2.24, 2.45) is 0 Å². The minimum atomic E-state index is -0.871. The summed E-state index contributed by atoms with van der Waals surface area (Å²) in [5.41, 5.74) is 1.28. The number of aliphatic hydroxyl groups excluding tert-OH is 1. The average Bonchev–Trinajstić information content (AvgIpc) is 3.09. The summed E-state index contributed by atoms with van der Waals surface area (Å²) in [7, 11) is 2.90. The van der Waals surface area contributed by atoms with Gasteiger partial charge in [0.1, 0.15) is 22.8 Å². The Hall–Kier alpha value is -3.77. The van der Waals surface area contributed by atoms with Gasteiger partial charge in [0.2, 0.25) is 0 Å². The largest absolute Gasteiger partial charge is 0.506 e. The van der Waals surface area contributed by atoms with Gasteiger partial charge in [-0.1, -0.05) is 48.0 Å². The van der Waals surface area contributed by atoms with Crippen molar-refractivity contribution >= 4 is 34.7 Å². The highest BCUT2D eigenvalue weighted by Crippen LogP contribution is 2.45. The van der Waals surface area contributed by atoms with Crippen molar-refractivity contribution in [3.8, 4) is 11.5 Å². The summed E-state index contributed by atoms with van der Waals surface area (Å²) >= 11 is 6.06. The predicted molar refractivity (Wildman–Crippen MR) is 122 cm³/mol. The molecule has 6 nitrogen and oxygen atoms in total. The van der Waals surface area contributed by atoms with Gasteiger partial charge >= 0.3 is 0 Å². The smallest absolute Gasteiger partial charge is 0.300 e. The molecule has 1 aliphatic rings. The van der Waals surface area contributed by atoms with Gasteiger partial charge in [-0.25, -0.2) is 0 Å². The first-order valence-electron chi connectivity index (χ1n) is 9.80. The standard InChI is InChI=1S/C25H20ClNO5/c1-31-18-9-6-10-19(32-2)20(18)23(28)21-22(15-11-13-16(26)14-12-15)27(25(30)24(21)29)17-7-4-3-5-8-17/h3-14,22,28H,1-2H3/b23-21+. The number of ketones is 1. The molecule has 1 amide bonds. The van der Waals surface area contributed by atoms with E-state index in [1.807, 2.05) is 6.07 Å². The molecule has 0 bridgehead atoms. The number of hydrogen-bond donors (Lipinski definition) is 1. The SMILES string of the molecule is COc1cccc(OC)c1/C(O)=C1\C(=O)C(=O)N(c2ccccc2)C1c1ccc(Cl)cc1. The molecule has 1 aliphatic heterocycles. The van der Waals surface area contributed by atoms with Gasteiger partial charge in [-0.2, -0.15) is 0 Å². The highest BCUT2D eigenvalue weighted by molar-refractivity contribution is 6.51. The second-order valence-corrected chi connectivity index (χ2v) is 7.53. The van der Waals surface area contributed by atoms with Crippen LogP contribution in [0.5, 0.6) is 11.5 Å². The number of halogens is 1. The molecule has 0 aliphatic carbocycles. The summed E-state index contributed by atoms with van der Waals surface area (Å²) in [5.74, 6) is -1.31. The average molecular weight is 450 g/mol. The molecular weight excluding hydrogens is 430 g/mol. The zero-order valence-electron chi connectivity index (χ0n) is 17.4. The van der Waals surface area contributed by atoms with E-state index in [1.165, 1.54) is 19.1 Å². The summed E-state index contributed by atoms with van der Waals surface area (Å²) in [4.78, 5) is 27.8. The van der Waals surface area contributed by atoms with Crippen LogP contribution >= 0.6 is 11.6 Å². The zero-order valence-corrected chi connectivity index (χ0v) is 18.2. The first-order chi connectivity index (χ1) is 15.5. The van der Waals surface area contributed by atoms with Gasteiger partial charge in [0.25, 0.3) is 11.7 Å². The maximum Gasteiger partial charge on any atom is 0.300 e. The van der Waals surface area contributed by atoms with E-state index in [4.69, 9.17) is 21.1 Å². The zero-order chi connectivity index (χ0) is 22.8. The number of carbonyl (C=O) groups excluding carboxylic acids is 2. The number of carbonyl (C=O) groups is 2. The maximum atomic E-state index is 13.2. The molecule has 1 heterocycles. The molecule has 32 heavy (non-hydrogen) atoms. The van der Waals surface area contributed by atoms with Gasteiger partial charge < -0.3 is 14.6 Å². The van der Waals surface area contributed by atoms with Crippen LogP contribution in [0, 0.1) is 0 Å². The van der Waals surface area contributed by atoms with Crippen LogP contribution in [0.3, 0.4) is 0 Å². The number of ether oxygens (including phenoxy) is 2. The Morgan fingerprint density at radius 3 is 2.03 bits per heavy atom. The van der Waals surface area contributed by atoms with Gasteiger partial charge in [0.15, 0.2) is 0 Å². The fourth-order valence-electron chi connectivity index (χ4n) is 3.87. The summed E-state index contributed by atoms with van der Waals surface area (Å²) in [5, 5.41) is 11.9. The Labute approximate surface area is 190 Å². The molecule has 3 aromatic rings. The van der Waals surface area contributed by atoms with Crippen LogP contribution in [0.25, 0.3) is 5.76 Å². The number of nitrogens with zero attached hydrogens (tertiary/aromatic N) is 1. The van der Waals surface area contributed by atoms with E-state index >= 15 is 0 Å². The highest BCUT2D eigenvalue weighted by Gasteiger charge is 2.47. The second kappa shape index (κ2) is 8.77. The van der Waals surface area contributed by atoms with E-state index < -0.39 is 17.7 Å². The van der Waals surface area contributed by atoms with Crippen LogP contribution in [-0.4, -0.2) is 31.0 Å². The third-order valence-corrected chi connectivity index (χ3v) is 5.58. The Morgan fingerprint density at radius 2 is 1.47 bits per heavy atom. The molecule has 1 atom stereocenters. The minimum Gasteiger partial charge on any atom is -0.506 e. The highest BCUT2D eigenvalue weighted by atomic mass is 35.5. The minimum absolute atomic E-state index is 0.0658. The van der Waals surface area contributed by atoms with Crippen molar-refractivity contribution in [1.82, 2.24) is 0 Å². The van der Waals surface area contributed by atoms with Crippen molar-refractivity contribution in [2.45, 2.75) is 6.04 Å². The van der Waals surface area contributed by atoms with Gasteiger partial charge in [0.05, 0.1) is 25.8 Å². The molecular formula is C25H20ClNO5. The van der Waals surface area contributed by atoms with Gasteiger partial charge in [-0.15, -0.1) is 0 Å². The van der Waals surface area contributed by atoms with E-state index in [9.17, 15) is 14.7 Å². The Morgan fingerprint density at radius 1 is 0.875 bits per heavy atom. The summed E-state index contributed by atoms with van der Waals surface area (Å²) in [6, 6.07) is 19.7. The maximum absolute atomic E-state index is 13.2. The molecule has 7 heteroatoms. The predicted octanol–water partition coefficient (Wildman–Crippen LogP) is 4.98. The molecule has 1 N–H and O–H groups in total. The molecule has 1 unspecified atom stereocenters. The number of aliphatic hydroxyl groups is 1. The van der Waals surface area contributed by atoms with Crippen LogP contribution in [0.2, 0.25) is 5.02 Å². The number of amides is 1. The molecule has 4 rings (SSSR count). The fraction of sp³-hybridized carbons (Fsp3) is 0.120. The van der Waals surface area contributed by atoms with Crippen molar-refractivity contribution in [2.75, 3.05) is 19.1 Å². The summed E-state index contributed by atoms with van der Waals surface area (Å²) in [6.07, 6.45) is 0. The van der Waals surface area contributed by atoms with E-state index in [2.05, 4.69) is 0 Å². The number of anilines is 1. The number of benzene rings is 3. The lowest BCUT2D eigenvalue weighted by Crippen LogP contribution is -2.29. The molecule has 0 saturated carbocycles. The lowest BCUT2D eigenvalue weighted by molar-refractivity contribution is -0.132. The molecule has 0 aromatic heterocycles. The van der Waals surface area contributed by atoms with Crippen LogP contribution in [-0.2, 0) is 9.59 Å². The monoisotopic (exact) mass is 449 g/mol. The Balaban J connectivity index is 2.01. The van der Waals surface area contributed by atoms with E-state index in [0.717, 1.165) is 0 Å². The fourth-order valence-corrected chi connectivity index (χ4v) is 3.99. The van der Waals surface area contributed by atoms with Crippen LogP contribution < -0.4 is 14.4 Å². The third kappa shape index (κ3) is 3.59. The van der Waals surface area contributed by atoms with Crippen molar-refractivity contribution < 1.29 is 24.2 Å². The molecule has 0 spiro atoms. The molecule has 3 aromatic carbocycles. The van der Waals surface area contributed by atoms with E-state index in [0.29, 0.717) is 27.8 Å². The number of para-hydroxylation sites is 1. The number of rotatable bonds is 5. The van der Waals surface area contributed by atoms with Crippen molar-refractivity contribution in [3.63, 3.8) is 0 Å². The number of hydrogen-bond acceptors (Lipinski definition) is 5. The lowest BCUT2D eigenvalue weighted by atomic mass is 9.94. The quantitative estimate of drug-likeness (QED) is 0.337. The van der Waals surface area contributed by atoms with Crippen LogP contribution in [0.4, 0.5) is 5.69 Å².